The fourth-order valence-electron chi connectivity index (χ4n) is 2.77. The molecule has 3 rings (SSSR count). The molecule has 0 unspecified atom stereocenters. The molecule has 0 atom stereocenters. The van der Waals surface area contributed by atoms with E-state index in [1.165, 1.54) is 0 Å². The lowest BCUT2D eigenvalue weighted by Gasteiger charge is -2.31. The summed E-state index contributed by atoms with van der Waals surface area (Å²) < 4.78 is 5.29. The second-order valence-electron chi connectivity index (χ2n) is 5.28. The van der Waals surface area contributed by atoms with Crippen LogP contribution in [0.25, 0.3) is 0 Å². The molecule has 21 heavy (non-hydrogen) atoms. The van der Waals surface area contributed by atoms with Gasteiger partial charge in [-0.2, -0.15) is 0 Å². The monoisotopic (exact) mass is 309 g/mol. The van der Waals surface area contributed by atoms with E-state index in [2.05, 4.69) is 10.2 Å². The second kappa shape index (κ2) is 6.64. The van der Waals surface area contributed by atoms with Gasteiger partial charge in [0, 0.05) is 39.3 Å². The third-order valence-corrected chi connectivity index (χ3v) is 4.36. The molecule has 0 saturated carbocycles. The summed E-state index contributed by atoms with van der Waals surface area (Å²) in [6.45, 7) is 6.17. The van der Waals surface area contributed by atoms with Gasteiger partial charge in [-0.25, -0.2) is 0 Å². The van der Waals surface area contributed by atoms with E-state index < -0.39 is 0 Å². The Morgan fingerprint density at radius 1 is 1.14 bits per heavy atom. The quantitative estimate of drug-likeness (QED) is 0.892. The number of nitrogens with zero attached hydrogens (tertiary/aromatic N) is 2. The van der Waals surface area contributed by atoms with Crippen LogP contribution in [0.2, 0.25) is 5.02 Å². The van der Waals surface area contributed by atoms with Gasteiger partial charge in [0.15, 0.2) is 0 Å². The number of amides is 1. The Morgan fingerprint density at radius 2 is 1.86 bits per heavy atom. The number of benzene rings is 1. The maximum Gasteiger partial charge on any atom is 0.255 e. The number of piperazine rings is 1. The maximum atomic E-state index is 12.6. The number of rotatable bonds is 2. The molecule has 2 heterocycles. The molecular formula is C15H20ClN3O2. The molecule has 6 heteroatoms. The Bertz CT molecular complexity index is 512. The van der Waals surface area contributed by atoms with Gasteiger partial charge in [-0.15, -0.1) is 0 Å². The maximum absolute atomic E-state index is 12.6. The topological polar surface area (TPSA) is 44.8 Å². The predicted octanol–water partition coefficient (Wildman–Crippen LogP) is 1.22. The number of ether oxygens (including phenoxy) is 1. The molecular weight excluding hydrogens is 290 g/mol. The average Bonchev–Trinajstić information content (AvgIpc) is 2.56. The lowest BCUT2D eigenvalue weighted by Crippen LogP contribution is -2.44. The first kappa shape index (κ1) is 14.6. The highest BCUT2D eigenvalue weighted by atomic mass is 35.5. The highest BCUT2D eigenvalue weighted by molar-refractivity contribution is 6.36. The molecule has 2 fully saturated rings. The van der Waals surface area contributed by atoms with Crippen molar-refractivity contribution in [1.29, 1.82) is 0 Å². The van der Waals surface area contributed by atoms with Crippen molar-refractivity contribution >= 4 is 23.2 Å². The first-order valence-corrected chi connectivity index (χ1v) is 7.76. The molecule has 2 aliphatic heterocycles. The largest absolute Gasteiger partial charge is 0.378 e. The van der Waals surface area contributed by atoms with E-state index in [-0.39, 0.29) is 5.91 Å². The summed E-state index contributed by atoms with van der Waals surface area (Å²) in [6.07, 6.45) is 0. The Labute approximate surface area is 129 Å². The van der Waals surface area contributed by atoms with Crippen LogP contribution < -0.4 is 10.2 Å². The molecule has 0 aromatic heterocycles. The number of morpholine rings is 1. The van der Waals surface area contributed by atoms with Crippen LogP contribution >= 0.6 is 11.6 Å². The molecule has 2 aliphatic rings. The van der Waals surface area contributed by atoms with Crippen LogP contribution in [0, 0.1) is 0 Å². The van der Waals surface area contributed by atoms with Gasteiger partial charge >= 0.3 is 0 Å². The number of carbonyl (C=O) groups excluding carboxylic acids is 1. The van der Waals surface area contributed by atoms with E-state index in [1.54, 1.807) is 0 Å². The van der Waals surface area contributed by atoms with Crippen LogP contribution in [0.4, 0.5) is 5.69 Å². The molecule has 0 radical (unpaired) electrons. The molecule has 0 spiro atoms. The van der Waals surface area contributed by atoms with E-state index in [9.17, 15) is 4.79 Å². The zero-order valence-corrected chi connectivity index (χ0v) is 12.7. The van der Waals surface area contributed by atoms with Gasteiger partial charge in [0.2, 0.25) is 0 Å². The summed E-state index contributed by atoms with van der Waals surface area (Å²) in [6, 6.07) is 5.71. The highest BCUT2D eigenvalue weighted by Gasteiger charge is 2.23. The minimum absolute atomic E-state index is 0.000263. The fraction of sp³-hybridized carbons (Fsp3) is 0.533. The molecule has 1 aromatic carbocycles. The first-order valence-electron chi connectivity index (χ1n) is 7.38. The Kier molecular flexibility index (Phi) is 4.63. The van der Waals surface area contributed by atoms with Gasteiger partial charge < -0.3 is 19.9 Å². The molecule has 1 aromatic rings. The number of hydrogen-bond donors (Lipinski definition) is 1. The van der Waals surface area contributed by atoms with Crippen LogP contribution in [0.15, 0.2) is 18.2 Å². The SMILES string of the molecule is O=C(c1cccc(N2CCNCC2)c1Cl)N1CCOCC1. The highest BCUT2D eigenvalue weighted by Crippen LogP contribution is 2.30. The van der Waals surface area contributed by atoms with Gasteiger partial charge in [-0.1, -0.05) is 17.7 Å². The van der Waals surface area contributed by atoms with Crippen LogP contribution in [0.5, 0.6) is 0 Å². The Balaban J connectivity index is 1.83. The number of carbonyl (C=O) groups is 1. The van der Waals surface area contributed by atoms with Crippen molar-refractivity contribution in [1.82, 2.24) is 10.2 Å². The van der Waals surface area contributed by atoms with E-state index in [1.807, 2.05) is 23.1 Å². The standard InChI is InChI=1S/C15H20ClN3O2/c16-14-12(15(20)19-8-10-21-11-9-19)2-1-3-13(14)18-6-4-17-5-7-18/h1-3,17H,4-11H2. The van der Waals surface area contributed by atoms with Crippen molar-refractivity contribution < 1.29 is 9.53 Å². The fourth-order valence-corrected chi connectivity index (χ4v) is 3.10. The van der Waals surface area contributed by atoms with Crippen LogP contribution in [0.1, 0.15) is 10.4 Å². The van der Waals surface area contributed by atoms with Crippen molar-refractivity contribution in [3.05, 3.63) is 28.8 Å². The van der Waals surface area contributed by atoms with Crippen molar-refractivity contribution in [2.75, 3.05) is 57.4 Å². The number of nitrogens with one attached hydrogen (secondary N) is 1. The first-order chi connectivity index (χ1) is 10.3. The number of hydrogen-bond acceptors (Lipinski definition) is 4. The van der Waals surface area contributed by atoms with E-state index >= 15 is 0 Å². The summed E-state index contributed by atoms with van der Waals surface area (Å²) in [4.78, 5) is 16.7. The third kappa shape index (κ3) is 3.15. The molecule has 0 aliphatic carbocycles. The molecule has 114 valence electrons. The molecule has 5 nitrogen and oxygen atoms in total. The summed E-state index contributed by atoms with van der Waals surface area (Å²) in [5.74, 6) is 0.000263. The van der Waals surface area contributed by atoms with Crippen LogP contribution in [0.3, 0.4) is 0 Å². The lowest BCUT2D eigenvalue weighted by molar-refractivity contribution is 0.0303. The summed E-state index contributed by atoms with van der Waals surface area (Å²) in [5.41, 5.74) is 1.55. The molecule has 2 saturated heterocycles. The third-order valence-electron chi connectivity index (χ3n) is 3.96. The lowest BCUT2D eigenvalue weighted by atomic mass is 10.1. The van der Waals surface area contributed by atoms with E-state index in [0.29, 0.717) is 36.9 Å². The zero-order valence-electron chi connectivity index (χ0n) is 12.0. The normalized spacial score (nSPS) is 19.7. The Morgan fingerprint density at radius 3 is 2.57 bits per heavy atom. The minimum atomic E-state index is 0.000263. The van der Waals surface area contributed by atoms with Gasteiger partial charge in [0.1, 0.15) is 0 Å². The second-order valence-corrected chi connectivity index (χ2v) is 5.66. The van der Waals surface area contributed by atoms with Gasteiger partial charge in [0.05, 0.1) is 29.5 Å². The minimum Gasteiger partial charge on any atom is -0.378 e. The number of anilines is 1. The average molecular weight is 310 g/mol. The smallest absolute Gasteiger partial charge is 0.255 e. The van der Waals surface area contributed by atoms with E-state index in [4.69, 9.17) is 16.3 Å². The van der Waals surface area contributed by atoms with Crippen LogP contribution in [-0.4, -0.2) is 63.3 Å². The Hall–Kier alpha value is -1.30. The summed E-state index contributed by atoms with van der Waals surface area (Å²) >= 11 is 6.52. The van der Waals surface area contributed by atoms with Crippen molar-refractivity contribution in [2.24, 2.45) is 0 Å². The van der Waals surface area contributed by atoms with Crippen molar-refractivity contribution in [3.8, 4) is 0 Å². The molecule has 0 bridgehead atoms. The van der Waals surface area contributed by atoms with Crippen molar-refractivity contribution in [3.63, 3.8) is 0 Å². The molecule has 1 amide bonds. The van der Waals surface area contributed by atoms with Gasteiger partial charge in [0.25, 0.3) is 5.91 Å². The zero-order chi connectivity index (χ0) is 14.7. The summed E-state index contributed by atoms with van der Waals surface area (Å²) in [5, 5.41) is 3.88. The predicted molar refractivity (Wildman–Crippen MR) is 83.3 cm³/mol. The molecule has 1 N–H and O–H groups in total. The van der Waals surface area contributed by atoms with Gasteiger partial charge in [-0.3, -0.25) is 4.79 Å². The van der Waals surface area contributed by atoms with Gasteiger partial charge in [-0.05, 0) is 12.1 Å². The number of halogens is 1. The van der Waals surface area contributed by atoms with E-state index in [0.717, 1.165) is 31.9 Å². The van der Waals surface area contributed by atoms with Crippen molar-refractivity contribution in [2.45, 2.75) is 0 Å². The van der Waals surface area contributed by atoms with Crippen LogP contribution in [-0.2, 0) is 4.74 Å². The summed E-state index contributed by atoms with van der Waals surface area (Å²) in [7, 11) is 0.